The monoisotopic (exact) mass is 218 g/mol. The van der Waals surface area contributed by atoms with E-state index in [2.05, 4.69) is 5.32 Å². The summed E-state index contributed by atoms with van der Waals surface area (Å²) in [5.74, 6) is 0.846. The third kappa shape index (κ3) is 1.55. The zero-order valence-corrected chi connectivity index (χ0v) is 8.95. The van der Waals surface area contributed by atoms with Crippen LogP contribution >= 0.6 is 0 Å². The van der Waals surface area contributed by atoms with Gasteiger partial charge >= 0.3 is 0 Å². The molecule has 1 aromatic carbocycles. The van der Waals surface area contributed by atoms with Crippen molar-refractivity contribution in [2.75, 3.05) is 11.9 Å². The van der Waals surface area contributed by atoms with Crippen LogP contribution in [0.15, 0.2) is 18.2 Å². The molecule has 0 aromatic heterocycles. The minimum Gasteiger partial charge on any atom is -0.493 e. The van der Waals surface area contributed by atoms with Gasteiger partial charge in [-0.2, -0.15) is 0 Å². The quantitative estimate of drug-likeness (QED) is 0.779. The van der Waals surface area contributed by atoms with E-state index in [4.69, 9.17) is 10.5 Å². The zero-order valence-electron chi connectivity index (χ0n) is 8.95. The summed E-state index contributed by atoms with van der Waals surface area (Å²) in [6.45, 7) is 0.730. The van der Waals surface area contributed by atoms with Crippen LogP contribution in [0.2, 0.25) is 0 Å². The summed E-state index contributed by atoms with van der Waals surface area (Å²) in [4.78, 5) is 11.7. The van der Waals surface area contributed by atoms with Crippen LogP contribution in [0.3, 0.4) is 0 Å². The number of nitrogens with one attached hydrogen (secondary N) is 1. The van der Waals surface area contributed by atoms with Gasteiger partial charge in [0.2, 0.25) is 5.91 Å². The summed E-state index contributed by atoms with van der Waals surface area (Å²) < 4.78 is 5.40. The average molecular weight is 218 g/mol. The SMILES string of the molecule is NC1(C(=O)Nc2ccc3c(c2)CCO3)CC1. The molecule has 1 aliphatic heterocycles. The molecule has 1 fully saturated rings. The molecule has 0 saturated heterocycles. The number of ether oxygens (including phenoxy) is 1. The second-order valence-electron chi connectivity index (χ2n) is 4.53. The number of anilines is 1. The molecule has 1 aromatic rings. The van der Waals surface area contributed by atoms with E-state index in [9.17, 15) is 4.79 Å². The van der Waals surface area contributed by atoms with Crippen LogP contribution in [0, 0.1) is 0 Å². The van der Waals surface area contributed by atoms with Crippen molar-refractivity contribution in [3.05, 3.63) is 23.8 Å². The van der Waals surface area contributed by atoms with Crippen LogP contribution in [-0.2, 0) is 11.2 Å². The lowest BCUT2D eigenvalue weighted by atomic mass is 10.1. The fourth-order valence-corrected chi connectivity index (χ4v) is 1.88. The van der Waals surface area contributed by atoms with Crippen LogP contribution in [0.5, 0.6) is 5.75 Å². The number of nitrogens with two attached hydrogens (primary N) is 1. The molecule has 3 N–H and O–H groups in total. The normalized spacial score (nSPS) is 19.8. The minimum absolute atomic E-state index is 0.0774. The van der Waals surface area contributed by atoms with E-state index in [1.54, 1.807) is 0 Å². The van der Waals surface area contributed by atoms with E-state index < -0.39 is 5.54 Å². The molecule has 1 heterocycles. The van der Waals surface area contributed by atoms with Crippen LogP contribution in [-0.4, -0.2) is 18.1 Å². The summed E-state index contributed by atoms with van der Waals surface area (Å²) in [6.07, 6.45) is 2.48. The molecule has 2 aliphatic rings. The Hall–Kier alpha value is -1.55. The second-order valence-corrected chi connectivity index (χ2v) is 4.53. The molecule has 0 atom stereocenters. The maximum Gasteiger partial charge on any atom is 0.244 e. The molecule has 0 spiro atoms. The van der Waals surface area contributed by atoms with Gasteiger partial charge in [-0.1, -0.05) is 0 Å². The lowest BCUT2D eigenvalue weighted by Gasteiger charge is -2.10. The van der Waals surface area contributed by atoms with Gasteiger partial charge < -0.3 is 15.8 Å². The smallest absolute Gasteiger partial charge is 0.244 e. The van der Waals surface area contributed by atoms with Gasteiger partial charge in [0, 0.05) is 12.1 Å². The van der Waals surface area contributed by atoms with Crippen molar-refractivity contribution in [1.82, 2.24) is 0 Å². The zero-order chi connectivity index (χ0) is 11.2. The predicted molar refractivity (Wildman–Crippen MR) is 60.4 cm³/mol. The number of carbonyl (C=O) groups excluding carboxylic acids is 1. The van der Waals surface area contributed by atoms with E-state index in [-0.39, 0.29) is 5.91 Å². The van der Waals surface area contributed by atoms with Gasteiger partial charge in [-0.05, 0) is 36.6 Å². The van der Waals surface area contributed by atoms with Crippen LogP contribution in [0.25, 0.3) is 0 Å². The molecule has 0 bridgehead atoms. The van der Waals surface area contributed by atoms with Crippen molar-refractivity contribution in [3.63, 3.8) is 0 Å². The summed E-state index contributed by atoms with van der Waals surface area (Å²) >= 11 is 0. The fourth-order valence-electron chi connectivity index (χ4n) is 1.88. The maximum atomic E-state index is 11.7. The Balaban J connectivity index is 1.78. The standard InChI is InChI=1S/C12H14N2O2/c13-12(4-5-12)11(15)14-9-1-2-10-8(7-9)3-6-16-10/h1-2,7H,3-6,13H2,(H,14,15). The Bertz CT molecular complexity index is 452. The molecule has 16 heavy (non-hydrogen) atoms. The van der Waals surface area contributed by atoms with Crippen molar-refractivity contribution in [1.29, 1.82) is 0 Å². The van der Waals surface area contributed by atoms with Gasteiger partial charge in [-0.15, -0.1) is 0 Å². The van der Waals surface area contributed by atoms with E-state index >= 15 is 0 Å². The fraction of sp³-hybridized carbons (Fsp3) is 0.417. The predicted octanol–water partition coefficient (Wildman–Crippen LogP) is 1.05. The number of benzene rings is 1. The average Bonchev–Trinajstić information content (AvgIpc) is 2.87. The van der Waals surface area contributed by atoms with Gasteiger partial charge in [0.25, 0.3) is 0 Å². The molecule has 0 radical (unpaired) electrons. The molecular formula is C12H14N2O2. The van der Waals surface area contributed by atoms with E-state index in [1.807, 2.05) is 18.2 Å². The highest BCUT2D eigenvalue weighted by Gasteiger charge is 2.45. The van der Waals surface area contributed by atoms with Crippen molar-refractivity contribution in [2.24, 2.45) is 5.73 Å². The molecule has 3 rings (SSSR count). The molecule has 1 saturated carbocycles. The number of rotatable bonds is 2. The highest BCUT2D eigenvalue weighted by Crippen LogP contribution is 2.34. The minimum atomic E-state index is -0.616. The number of fused-ring (bicyclic) bond motifs is 1. The first-order valence-corrected chi connectivity index (χ1v) is 5.53. The Morgan fingerprint density at radius 1 is 1.44 bits per heavy atom. The molecule has 1 amide bonds. The topological polar surface area (TPSA) is 64.4 Å². The van der Waals surface area contributed by atoms with Gasteiger partial charge in [0.05, 0.1) is 12.1 Å². The van der Waals surface area contributed by atoms with Gasteiger partial charge in [-0.3, -0.25) is 4.79 Å². The van der Waals surface area contributed by atoms with Gasteiger partial charge in [0.15, 0.2) is 0 Å². The number of hydrogen-bond donors (Lipinski definition) is 2. The third-order valence-electron chi connectivity index (χ3n) is 3.19. The number of carbonyl (C=O) groups is 1. The van der Waals surface area contributed by atoms with Crippen LogP contribution < -0.4 is 15.8 Å². The molecule has 1 aliphatic carbocycles. The van der Waals surface area contributed by atoms with Gasteiger partial charge in [-0.25, -0.2) is 0 Å². The lowest BCUT2D eigenvalue weighted by molar-refractivity contribution is -0.118. The number of amides is 1. The Morgan fingerprint density at radius 2 is 2.25 bits per heavy atom. The molecule has 4 heteroatoms. The van der Waals surface area contributed by atoms with Gasteiger partial charge in [0.1, 0.15) is 5.75 Å². The van der Waals surface area contributed by atoms with Crippen molar-refractivity contribution >= 4 is 11.6 Å². The number of hydrogen-bond acceptors (Lipinski definition) is 3. The molecule has 4 nitrogen and oxygen atoms in total. The third-order valence-corrected chi connectivity index (χ3v) is 3.19. The van der Waals surface area contributed by atoms with Crippen molar-refractivity contribution < 1.29 is 9.53 Å². The largest absolute Gasteiger partial charge is 0.493 e. The Labute approximate surface area is 93.8 Å². The first kappa shape index (κ1) is 9.66. The highest BCUT2D eigenvalue weighted by molar-refractivity contribution is 6.00. The first-order chi connectivity index (χ1) is 7.67. The van der Waals surface area contributed by atoms with E-state index in [0.29, 0.717) is 0 Å². The van der Waals surface area contributed by atoms with E-state index in [1.165, 1.54) is 0 Å². The Morgan fingerprint density at radius 3 is 3.00 bits per heavy atom. The van der Waals surface area contributed by atoms with Crippen LogP contribution in [0.1, 0.15) is 18.4 Å². The molecule has 0 unspecified atom stereocenters. The summed E-state index contributed by atoms with van der Waals surface area (Å²) in [6, 6.07) is 5.72. The maximum absolute atomic E-state index is 11.7. The first-order valence-electron chi connectivity index (χ1n) is 5.53. The lowest BCUT2D eigenvalue weighted by Crippen LogP contribution is -2.37. The summed E-state index contributed by atoms with van der Waals surface area (Å²) in [5.41, 5.74) is 7.16. The van der Waals surface area contributed by atoms with Crippen molar-refractivity contribution in [3.8, 4) is 5.75 Å². The summed E-state index contributed by atoms with van der Waals surface area (Å²) in [5, 5.41) is 2.85. The summed E-state index contributed by atoms with van der Waals surface area (Å²) in [7, 11) is 0. The van der Waals surface area contributed by atoms with E-state index in [0.717, 1.165) is 42.9 Å². The van der Waals surface area contributed by atoms with Crippen LogP contribution in [0.4, 0.5) is 5.69 Å². The second kappa shape index (κ2) is 3.22. The molecule has 84 valence electrons. The molecular weight excluding hydrogens is 204 g/mol. The highest BCUT2D eigenvalue weighted by atomic mass is 16.5. The van der Waals surface area contributed by atoms with Crippen molar-refractivity contribution in [2.45, 2.75) is 24.8 Å². The Kier molecular flexibility index (Phi) is 1.94.